The molecule has 0 heterocycles. The predicted molar refractivity (Wildman–Crippen MR) is 50.0 cm³/mol. The van der Waals surface area contributed by atoms with Gasteiger partial charge in [-0.05, 0) is 12.3 Å². The van der Waals surface area contributed by atoms with Crippen molar-refractivity contribution in [2.24, 2.45) is 11.8 Å². The zero-order chi connectivity index (χ0) is 9.56. The van der Waals surface area contributed by atoms with Crippen molar-refractivity contribution in [2.75, 3.05) is 13.7 Å². The molecule has 0 saturated carbocycles. The highest BCUT2D eigenvalue weighted by molar-refractivity contribution is 4.71. The van der Waals surface area contributed by atoms with Gasteiger partial charge < -0.3 is 4.74 Å². The van der Waals surface area contributed by atoms with Gasteiger partial charge in [0.1, 0.15) is 6.17 Å². The second kappa shape index (κ2) is 6.41. The molecule has 74 valence electrons. The summed E-state index contributed by atoms with van der Waals surface area (Å²) in [6.45, 7) is 6.65. The van der Waals surface area contributed by atoms with Gasteiger partial charge >= 0.3 is 0 Å². The van der Waals surface area contributed by atoms with Gasteiger partial charge in [-0.15, -0.1) is 0 Å². The lowest BCUT2D eigenvalue weighted by Gasteiger charge is -2.23. The van der Waals surface area contributed by atoms with E-state index in [0.717, 1.165) is 6.42 Å². The highest BCUT2D eigenvalue weighted by atomic mass is 19.1. The smallest absolute Gasteiger partial charge is 0.105 e. The van der Waals surface area contributed by atoms with E-state index in [1.165, 1.54) is 0 Å². The molecule has 2 atom stereocenters. The maximum atomic E-state index is 13.4. The second-order valence-electron chi connectivity index (χ2n) is 3.67. The maximum Gasteiger partial charge on any atom is 0.105 e. The second-order valence-corrected chi connectivity index (χ2v) is 3.67. The SMILES string of the molecule is CCC[C@@H](F)[C@H](COC)C(C)C. The van der Waals surface area contributed by atoms with E-state index in [9.17, 15) is 4.39 Å². The van der Waals surface area contributed by atoms with Crippen LogP contribution in [0.4, 0.5) is 4.39 Å². The number of hydrogen-bond acceptors (Lipinski definition) is 1. The monoisotopic (exact) mass is 176 g/mol. The summed E-state index contributed by atoms with van der Waals surface area (Å²) < 4.78 is 18.4. The summed E-state index contributed by atoms with van der Waals surface area (Å²) in [5, 5.41) is 0. The van der Waals surface area contributed by atoms with Crippen molar-refractivity contribution < 1.29 is 9.13 Å². The molecule has 0 unspecified atom stereocenters. The fourth-order valence-corrected chi connectivity index (χ4v) is 1.40. The van der Waals surface area contributed by atoms with E-state index in [4.69, 9.17) is 4.74 Å². The first kappa shape index (κ1) is 11.9. The quantitative estimate of drug-likeness (QED) is 0.604. The Morgan fingerprint density at radius 3 is 2.25 bits per heavy atom. The maximum absolute atomic E-state index is 13.4. The van der Waals surface area contributed by atoms with Crippen LogP contribution in [0.15, 0.2) is 0 Å². The Morgan fingerprint density at radius 1 is 1.33 bits per heavy atom. The number of methoxy groups -OCH3 is 1. The van der Waals surface area contributed by atoms with E-state index in [0.29, 0.717) is 18.9 Å². The van der Waals surface area contributed by atoms with Crippen molar-refractivity contribution in [1.29, 1.82) is 0 Å². The first-order valence-corrected chi connectivity index (χ1v) is 4.76. The van der Waals surface area contributed by atoms with Crippen LogP contribution in [0.25, 0.3) is 0 Å². The first-order valence-electron chi connectivity index (χ1n) is 4.76. The Hall–Kier alpha value is -0.110. The predicted octanol–water partition coefficient (Wildman–Crippen LogP) is 3.04. The van der Waals surface area contributed by atoms with Crippen LogP contribution in [0.3, 0.4) is 0 Å². The van der Waals surface area contributed by atoms with Gasteiger partial charge in [0.15, 0.2) is 0 Å². The Bertz CT molecular complexity index is 104. The molecule has 0 fully saturated rings. The fourth-order valence-electron chi connectivity index (χ4n) is 1.40. The molecule has 0 aromatic heterocycles. The lowest BCUT2D eigenvalue weighted by molar-refractivity contribution is 0.0678. The summed E-state index contributed by atoms with van der Waals surface area (Å²) in [4.78, 5) is 0. The first-order chi connectivity index (χ1) is 5.63. The Morgan fingerprint density at radius 2 is 1.92 bits per heavy atom. The molecule has 2 heteroatoms. The van der Waals surface area contributed by atoms with Crippen molar-refractivity contribution in [2.45, 2.75) is 39.8 Å². The van der Waals surface area contributed by atoms with Crippen molar-refractivity contribution >= 4 is 0 Å². The molecule has 0 amide bonds. The third kappa shape index (κ3) is 4.05. The van der Waals surface area contributed by atoms with Crippen LogP contribution in [0, 0.1) is 11.8 Å². The third-order valence-corrected chi connectivity index (χ3v) is 2.24. The Kier molecular flexibility index (Phi) is 6.35. The standard InChI is InChI=1S/C10H21FO/c1-5-6-10(11)9(7-12-4)8(2)3/h8-10H,5-7H2,1-4H3/t9-,10-/m1/s1. The molecule has 0 aliphatic heterocycles. The third-order valence-electron chi connectivity index (χ3n) is 2.24. The molecule has 12 heavy (non-hydrogen) atoms. The van der Waals surface area contributed by atoms with Gasteiger partial charge in [-0.2, -0.15) is 0 Å². The van der Waals surface area contributed by atoms with Crippen molar-refractivity contribution in [3.8, 4) is 0 Å². The molecule has 0 aliphatic rings. The van der Waals surface area contributed by atoms with Crippen LogP contribution in [0.5, 0.6) is 0 Å². The molecule has 0 aromatic rings. The highest BCUT2D eigenvalue weighted by Gasteiger charge is 2.23. The van der Waals surface area contributed by atoms with Gasteiger partial charge in [0, 0.05) is 13.0 Å². The molecule has 0 bridgehead atoms. The minimum absolute atomic E-state index is 0.0648. The molecule has 0 aliphatic carbocycles. The summed E-state index contributed by atoms with van der Waals surface area (Å²) in [6.07, 6.45) is 0.871. The minimum Gasteiger partial charge on any atom is -0.384 e. The lowest BCUT2D eigenvalue weighted by atomic mass is 9.90. The van der Waals surface area contributed by atoms with Gasteiger partial charge in [0.2, 0.25) is 0 Å². The van der Waals surface area contributed by atoms with Gasteiger partial charge in [-0.3, -0.25) is 0 Å². The Balaban J connectivity index is 3.90. The molecule has 0 spiro atoms. The highest BCUT2D eigenvalue weighted by Crippen LogP contribution is 2.21. The molecular weight excluding hydrogens is 155 g/mol. The molecule has 0 saturated heterocycles. The topological polar surface area (TPSA) is 9.23 Å². The molecule has 0 aromatic carbocycles. The molecule has 0 radical (unpaired) electrons. The van der Waals surface area contributed by atoms with Crippen molar-refractivity contribution in [3.05, 3.63) is 0 Å². The number of hydrogen-bond donors (Lipinski definition) is 0. The van der Waals surface area contributed by atoms with Crippen LogP contribution in [-0.4, -0.2) is 19.9 Å². The largest absolute Gasteiger partial charge is 0.384 e. The van der Waals surface area contributed by atoms with Gasteiger partial charge in [0.25, 0.3) is 0 Å². The van der Waals surface area contributed by atoms with E-state index in [1.54, 1.807) is 7.11 Å². The number of halogens is 1. The Labute approximate surface area is 75.3 Å². The minimum atomic E-state index is -0.699. The summed E-state index contributed by atoms with van der Waals surface area (Å²) in [5.41, 5.74) is 0. The van der Waals surface area contributed by atoms with Crippen LogP contribution in [0.1, 0.15) is 33.6 Å². The van der Waals surface area contributed by atoms with Crippen molar-refractivity contribution in [1.82, 2.24) is 0 Å². The van der Waals surface area contributed by atoms with Crippen LogP contribution in [-0.2, 0) is 4.74 Å². The molecule has 1 nitrogen and oxygen atoms in total. The van der Waals surface area contributed by atoms with Gasteiger partial charge in [-0.25, -0.2) is 4.39 Å². The van der Waals surface area contributed by atoms with E-state index >= 15 is 0 Å². The van der Waals surface area contributed by atoms with E-state index < -0.39 is 6.17 Å². The molecule has 0 N–H and O–H groups in total. The van der Waals surface area contributed by atoms with Crippen LogP contribution < -0.4 is 0 Å². The fraction of sp³-hybridized carbons (Fsp3) is 1.00. The number of alkyl halides is 1. The normalized spacial score (nSPS) is 16.5. The average molecular weight is 176 g/mol. The summed E-state index contributed by atoms with van der Waals surface area (Å²) >= 11 is 0. The van der Waals surface area contributed by atoms with E-state index in [-0.39, 0.29) is 5.92 Å². The van der Waals surface area contributed by atoms with Crippen LogP contribution in [0.2, 0.25) is 0 Å². The molecule has 0 rings (SSSR count). The van der Waals surface area contributed by atoms with E-state index in [2.05, 4.69) is 0 Å². The van der Waals surface area contributed by atoms with Gasteiger partial charge in [-0.1, -0.05) is 27.2 Å². The van der Waals surface area contributed by atoms with Gasteiger partial charge in [0.05, 0.1) is 6.61 Å². The summed E-state index contributed by atoms with van der Waals surface area (Å²) in [5.74, 6) is 0.432. The molecular formula is C10H21FO. The zero-order valence-corrected chi connectivity index (χ0v) is 8.64. The van der Waals surface area contributed by atoms with Crippen LogP contribution >= 0.6 is 0 Å². The van der Waals surface area contributed by atoms with E-state index in [1.807, 2.05) is 20.8 Å². The average Bonchev–Trinajstić information content (AvgIpc) is 1.99. The van der Waals surface area contributed by atoms with Crippen molar-refractivity contribution in [3.63, 3.8) is 0 Å². The summed E-state index contributed by atoms with van der Waals surface area (Å²) in [7, 11) is 1.63. The number of ether oxygens (including phenoxy) is 1. The number of rotatable bonds is 6. The lowest BCUT2D eigenvalue weighted by Crippen LogP contribution is -2.25. The summed E-state index contributed by atoms with van der Waals surface area (Å²) in [6, 6.07) is 0. The zero-order valence-electron chi connectivity index (χ0n) is 8.64.